The Bertz CT molecular complexity index is 182. The maximum absolute atomic E-state index is 12.9. The number of ether oxygens (including phenoxy) is 1. The number of hydrogen-bond donors (Lipinski definition) is 0. The summed E-state index contributed by atoms with van der Waals surface area (Å²) < 4.78 is 18.1. The van der Waals surface area contributed by atoms with Crippen molar-refractivity contribution in [2.75, 3.05) is 33.4 Å². The molecule has 1 saturated heterocycles. The Morgan fingerprint density at radius 2 is 2.07 bits per heavy atom. The molecule has 0 spiro atoms. The number of rotatable bonds is 4. The lowest BCUT2D eigenvalue weighted by Gasteiger charge is -2.21. The molecule has 2 fully saturated rings. The van der Waals surface area contributed by atoms with Gasteiger partial charge < -0.3 is 4.74 Å². The highest BCUT2D eigenvalue weighted by Crippen LogP contribution is 2.46. The van der Waals surface area contributed by atoms with E-state index >= 15 is 0 Å². The Morgan fingerprint density at radius 3 is 2.47 bits per heavy atom. The van der Waals surface area contributed by atoms with E-state index in [1.807, 2.05) is 13.8 Å². The van der Waals surface area contributed by atoms with E-state index in [4.69, 9.17) is 4.74 Å². The van der Waals surface area contributed by atoms with Crippen LogP contribution in [0.2, 0.25) is 0 Å². The zero-order chi connectivity index (χ0) is 11.3. The van der Waals surface area contributed by atoms with E-state index in [0.29, 0.717) is 12.0 Å². The summed E-state index contributed by atoms with van der Waals surface area (Å²) in [5, 5.41) is 0. The van der Waals surface area contributed by atoms with Gasteiger partial charge in [0, 0.05) is 32.2 Å². The highest BCUT2D eigenvalue weighted by Gasteiger charge is 2.44. The highest BCUT2D eigenvalue weighted by molar-refractivity contribution is 4.96. The van der Waals surface area contributed by atoms with E-state index in [2.05, 4.69) is 4.90 Å². The van der Waals surface area contributed by atoms with Gasteiger partial charge in [-0.2, -0.15) is 0 Å². The second-order valence-electron chi connectivity index (χ2n) is 4.55. The Kier molecular flexibility index (Phi) is 5.00. The maximum Gasteiger partial charge on any atom is 0.114 e. The first-order valence-corrected chi connectivity index (χ1v) is 6.09. The average molecular weight is 217 g/mol. The molecule has 1 saturated carbocycles. The van der Waals surface area contributed by atoms with Crippen LogP contribution in [0.5, 0.6) is 0 Å². The molecule has 0 aromatic carbocycles. The van der Waals surface area contributed by atoms with Crippen molar-refractivity contribution in [1.82, 2.24) is 4.90 Å². The third kappa shape index (κ3) is 3.72. The monoisotopic (exact) mass is 217 g/mol. The SMILES string of the molecule is CC.COCC1(CN2CCC(F)C2)CC1. The molecule has 15 heavy (non-hydrogen) atoms. The van der Waals surface area contributed by atoms with Gasteiger partial charge in [-0.3, -0.25) is 4.90 Å². The van der Waals surface area contributed by atoms with Crippen molar-refractivity contribution in [3.05, 3.63) is 0 Å². The molecular formula is C12H24FNO. The summed E-state index contributed by atoms with van der Waals surface area (Å²) in [5.74, 6) is 0. The van der Waals surface area contributed by atoms with E-state index in [9.17, 15) is 4.39 Å². The molecule has 2 nitrogen and oxygen atoms in total. The van der Waals surface area contributed by atoms with Crippen LogP contribution in [-0.2, 0) is 4.74 Å². The van der Waals surface area contributed by atoms with Gasteiger partial charge in [0.1, 0.15) is 6.17 Å². The topological polar surface area (TPSA) is 12.5 Å². The molecule has 90 valence electrons. The van der Waals surface area contributed by atoms with Crippen LogP contribution < -0.4 is 0 Å². The molecule has 1 unspecified atom stereocenters. The van der Waals surface area contributed by atoms with Crippen LogP contribution in [0.1, 0.15) is 33.1 Å². The fraction of sp³-hybridized carbons (Fsp3) is 1.00. The van der Waals surface area contributed by atoms with Gasteiger partial charge >= 0.3 is 0 Å². The van der Waals surface area contributed by atoms with Gasteiger partial charge in [0.2, 0.25) is 0 Å². The largest absolute Gasteiger partial charge is 0.384 e. The van der Waals surface area contributed by atoms with Crippen molar-refractivity contribution in [1.29, 1.82) is 0 Å². The zero-order valence-corrected chi connectivity index (χ0v) is 10.3. The van der Waals surface area contributed by atoms with Crippen molar-refractivity contribution in [3.8, 4) is 0 Å². The number of halogens is 1. The molecule has 2 rings (SSSR count). The van der Waals surface area contributed by atoms with Crippen LogP contribution in [-0.4, -0.2) is 44.4 Å². The Morgan fingerprint density at radius 1 is 1.40 bits per heavy atom. The van der Waals surface area contributed by atoms with Gasteiger partial charge in [0.25, 0.3) is 0 Å². The molecule has 0 N–H and O–H groups in total. The first-order valence-electron chi connectivity index (χ1n) is 6.09. The third-order valence-electron chi connectivity index (χ3n) is 3.18. The summed E-state index contributed by atoms with van der Waals surface area (Å²) in [6.45, 7) is 7.47. The van der Waals surface area contributed by atoms with E-state index in [1.54, 1.807) is 7.11 Å². The van der Waals surface area contributed by atoms with Crippen LogP contribution in [0.4, 0.5) is 4.39 Å². The summed E-state index contributed by atoms with van der Waals surface area (Å²) in [6.07, 6.45) is 2.66. The van der Waals surface area contributed by atoms with Gasteiger partial charge in [-0.1, -0.05) is 13.8 Å². The number of methoxy groups -OCH3 is 1. The number of hydrogen-bond acceptors (Lipinski definition) is 2. The van der Waals surface area contributed by atoms with Crippen LogP contribution in [0.3, 0.4) is 0 Å². The zero-order valence-electron chi connectivity index (χ0n) is 10.3. The summed E-state index contributed by atoms with van der Waals surface area (Å²) in [6, 6.07) is 0. The van der Waals surface area contributed by atoms with E-state index in [1.165, 1.54) is 12.8 Å². The second kappa shape index (κ2) is 5.80. The van der Waals surface area contributed by atoms with E-state index in [0.717, 1.165) is 26.1 Å². The third-order valence-corrected chi connectivity index (χ3v) is 3.18. The minimum Gasteiger partial charge on any atom is -0.384 e. The van der Waals surface area contributed by atoms with Crippen LogP contribution in [0, 0.1) is 5.41 Å². The minimum atomic E-state index is -0.585. The standard InChI is InChI=1S/C10H18FNO.C2H6/c1-13-8-10(3-4-10)7-12-5-2-9(11)6-12;1-2/h9H,2-8H2,1H3;1-2H3. The number of likely N-dealkylation sites (tertiary alicyclic amines) is 1. The summed E-state index contributed by atoms with van der Waals surface area (Å²) in [4.78, 5) is 2.25. The van der Waals surface area contributed by atoms with Crippen LogP contribution in [0.15, 0.2) is 0 Å². The lowest BCUT2D eigenvalue weighted by Crippen LogP contribution is -2.31. The number of alkyl halides is 1. The van der Waals surface area contributed by atoms with Gasteiger partial charge in [-0.25, -0.2) is 4.39 Å². The molecule has 1 heterocycles. The molecule has 0 bridgehead atoms. The van der Waals surface area contributed by atoms with Crippen molar-refractivity contribution in [2.45, 2.75) is 39.3 Å². The molecule has 0 aromatic heterocycles. The average Bonchev–Trinajstić information content (AvgIpc) is 2.86. The predicted molar refractivity (Wildman–Crippen MR) is 60.8 cm³/mol. The highest BCUT2D eigenvalue weighted by atomic mass is 19.1. The van der Waals surface area contributed by atoms with Gasteiger partial charge in [0.05, 0.1) is 6.61 Å². The lowest BCUT2D eigenvalue weighted by molar-refractivity contribution is 0.113. The summed E-state index contributed by atoms with van der Waals surface area (Å²) >= 11 is 0. The Labute approximate surface area is 92.8 Å². The van der Waals surface area contributed by atoms with Crippen molar-refractivity contribution < 1.29 is 9.13 Å². The van der Waals surface area contributed by atoms with Crippen LogP contribution >= 0.6 is 0 Å². The summed E-state index contributed by atoms with van der Waals surface area (Å²) in [5.41, 5.74) is 0.388. The molecule has 3 heteroatoms. The fourth-order valence-corrected chi connectivity index (χ4v) is 2.23. The maximum atomic E-state index is 12.9. The smallest absolute Gasteiger partial charge is 0.114 e. The van der Waals surface area contributed by atoms with Crippen molar-refractivity contribution >= 4 is 0 Å². The van der Waals surface area contributed by atoms with Gasteiger partial charge in [0.15, 0.2) is 0 Å². The molecule has 0 aromatic rings. The van der Waals surface area contributed by atoms with Crippen molar-refractivity contribution in [2.24, 2.45) is 5.41 Å². The van der Waals surface area contributed by atoms with Gasteiger partial charge in [-0.05, 0) is 19.3 Å². The predicted octanol–water partition coefficient (Wildman–Crippen LogP) is 2.48. The van der Waals surface area contributed by atoms with Gasteiger partial charge in [-0.15, -0.1) is 0 Å². The lowest BCUT2D eigenvalue weighted by atomic mass is 10.1. The molecule has 1 aliphatic heterocycles. The molecule has 0 amide bonds. The number of nitrogens with zero attached hydrogens (tertiary/aromatic N) is 1. The first-order chi connectivity index (χ1) is 7.24. The summed E-state index contributed by atoms with van der Waals surface area (Å²) in [7, 11) is 1.75. The fourth-order valence-electron chi connectivity index (χ4n) is 2.23. The Balaban J connectivity index is 0.000000531. The van der Waals surface area contributed by atoms with E-state index < -0.39 is 6.17 Å². The van der Waals surface area contributed by atoms with Crippen molar-refractivity contribution in [3.63, 3.8) is 0 Å². The molecular weight excluding hydrogens is 193 g/mol. The Hall–Kier alpha value is -0.150. The minimum absolute atomic E-state index is 0.388. The quantitative estimate of drug-likeness (QED) is 0.717. The molecule has 1 aliphatic carbocycles. The normalized spacial score (nSPS) is 28.4. The first kappa shape index (κ1) is 12.9. The molecule has 1 atom stereocenters. The van der Waals surface area contributed by atoms with Crippen LogP contribution in [0.25, 0.3) is 0 Å². The molecule has 2 aliphatic rings. The van der Waals surface area contributed by atoms with E-state index in [-0.39, 0.29) is 0 Å². The second-order valence-corrected chi connectivity index (χ2v) is 4.55. The molecule has 0 radical (unpaired) electrons.